The lowest BCUT2D eigenvalue weighted by Crippen LogP contribution is -2.29. The van der Waals surface area contributed by atoms with Gasteiger partial charge >= 0.3 is 0 Å². The Balaban J connectivity index is 1.97. The molecule has 0 aliphatic carbocycles. The average molecular weight is 275 g/mol. The van der Waals surface area contributed by atoms with Crippen LogP contribution >= 0.6 is 11.3 Å². The van der Waals surface area contributed by atoms with Crippen molar-refractivity contribution in [1.29, 1.82) is 0 Å². The molecule has 5 heteroatoms. The predicted octanol–water partition coefficient (Wildman–Crippen LogP) is 2.50. The number of likely N-dealkylation sites (N-methyl/N-ethyl adjacent to an activating group) is 1. The number of amides is 1. The second-order valence-corrected chi connectivity index (χ2v) is 5.27. The van der Waals surface area contributed by atoms with E-state index in [1.807, 2.05) is 26.2 Å². The van der Waals surface area contributed by atoms with Crippen LogP contribution in [0.2, 0.25) is 0 Å². The summed E-state index contributed by atoms with van der Waals surface area (Å²) in [7, 11) is 3.63. The van der Waals surface area contributed by atoms with Crippen LogP contribution in [-0.4, -0.2) is 36.4 Å². The van der Waals surface area contributed by atoms with Gasteiger partial charge in [0.05, 0.1) is 0 Å². The maximum absolute atomic E-state index is 12.2. The summed E-state index contributed by atoms with van der Waals surface area (Å²) in [5, 5.41) is 5.06. The Morgan fingerprint density at radius 2 is 2.32 bits per heavy atom. The number of hydrogen-bond donors (Lipinski definition) is 1. The van der Waals surface area contributed by atoms with Crippen LogP contribution in [0.3, 0.4) is 0 Å². The second kappa shape index (κ2) is 6.33. The number of thiophene rings is 1. The Kier molecular flexibility index (Phi) is 4.52. The maximum atomic E-state index is 12.2. The molecule has 4 nitrogen and oxygen atoms in total. The van der Waals surface area contributed by atoms with Gasteiger partial charge in [-0.2, -0.15) is 0 Å². The van der Waals surface area contributed by atoms with Crippen LogP contribution < -0.4 is 5.32 Å². The molecule has 100 valence electrons. The lowest BCUT2D eigenvalue weighted by Gasteiger charge is -2.16. The molecular weight excluding hydrogens is 258 g/mol. The van der Waals surface area contributed by atoms with E-state index in [0.717, 1.165) is 12.1 Å². The van der Waals surface area contributed by atoms with E-state index >= 15 is 0 Å². The Hall–Kier alpha value is -1.88. The van der Waals surface area contributed by atoms with E-state index in [-0.39, 0.29) is 5.91 Å². The number of pyridine rings is 1. The third-order valence-electron chi connectivity index (χ3n) is 2.89. The minimum absolute atomic E-state index is 0.0475. The summed E-state index contributed by atoms with van der Waals surface area (Å²) in [6.45, 7) is 0.699. The van der Waals surface area contributed by atoms with Crippen molar-refractivity contribution in [3.05, 3.63) is 46.4 Å². The first-order valence-corrected chi connectivity index (χ1v) is 7.00. The predicted molar refractivity (Wildman–Crippen MR) is 78.8 cm³/mol. The Morgan fingerprint density at radius 1 is 1.47 bits per heavy atom. The van der Waals surface area contributed by atoms with E-state index in [0.29, 0.717) is 12.2 Å². The molecule has 0 saturated carbocycles. The first-order chi connectivity index (χ1) is 9.20. The molecule has 0 aliphatic rings. The highest BCUT2D eigenvalue weighted by molar-refractivity contribution is 7.09. The first-order valence-electron chi connectivity index (χ1n) is 6.12. The van der Waals surface area contributed by atoms with Crippen molar-refractivity contribution in [1.82, 2.24) is 9.88 Å². The zero-order valence-corrected chi connectivity index (χ0v) is 11.9. The van der Waals surface area contributed by atoms with Gasteiger partial charge in [-0.05, 0) is 30.0 Å². The van der Waals surface area contributed by atoms with Crippen LogP contribution in [0.15, 0.2) is 35.8 Å². The van der Waals surface area contributed by atoms with Gasteiger partial charge in [0.2, 0.25) is 0 Å². The molecule has 0 fully saturated rings. The zero-order valence-electron chi connectivity index (χ0n) is 11.1. The van der Waals surface area contributed by atoms with Gasteiger partial charge in [-0.1, -0.05) is 6.07 Å². The van der Waals surface area contributed by atoms with E-state index in [1.165, 1.54) is 4.88 Å². The van der Waals surface area contributed by atoms with Gasteiger partial charge in [-0.3, -0.25) is 9.78 Å². The van der Waals surface area contributed by atoms with Crippen molar-refractivity contribution in [2.24, 2.45) is 0 Å². The number of aromatic nitrogens is 1. The lowest BCUT2D eigenvalue weighted by molar-refractivity contribution is 0.0791. The molecule has 0 spiro atoms. The molecule has 0 aromatic carbocycles. The highest BCUT2D eigenvalue weighted by Gasteiger charge is 2.13. The number of hydrogen-bond acceptors (Lipinski definition) is 4. The molecule has 1 amide bonds. The summed E-state index contributed by atoms with van der Waals surface area (Å²) in [6.07, 6.45) is 2.53. The minimum Gasteiger partial charge on any atom is -0.388 e. The molecule has 0 bridgehead atoms. The van der Waals surface area contributed by atoms with Gasteiger partial charge < -0.3 is 10.2 Å². The molecular formula is C14H17N3OS. The van der Waals surface area contributed by atoms with Crippen LogP contribution in [0.25, 0.3) is 0 Å². The van der Waals surface area contributed by atoms with Gasteiger partial charge in [0.1, 0.15) is 5.69 Å². The number of nitrogens with zero attached hydrogens (tertiary/aromatic N) is 2. The van der Waals surface area contributed by atoms with E-state index in [4.69, 9.17) is 0 Å². The molecule has 0 saturated heterocycles. The molecule has 2 aromatic rings. The first kappa shape index (κ1) is 13.5. The molecule has 0 aliphatic heterocycles. The smallest absolute Gasteiger partial charge is 0.272 e. The minimum atomic E-state index is -0.0475. The standard InChI is InChI=1S/C14H17N3OS/c1-15-11-5-7-16-13(10-11)14(18)17(2)8-6-12-4-3-9-19-12/h3-5,7,9-10H,6,8H2,1-2H3,(H,15,16). The van der Waals surface area contributed by atoms with Gasteiger partial charge in [0.25, 0.3) is 5.91 Å². The third-order valence-corrected chi connectivity index (χ3v) is 3.82. The number of rotatable bonds is 5. The largest absolute Gasteiger partial charge is 0.388 e. The van der Waals surface area contributed by atoms with Crippen molar-refractivity contribution in [3.8, 4) is 0 Å². The Bertz CT molecular complexity index is 539. The molecule has 2 aromatic heterocycles. The van der Waals surface area contributed by atoms with Crippen LogP contribution in [-0.2, 0) is 6.42 Å². The van der Waals surface area contributed by atoms with Crippen molar-refractivity contribution in [3.63, 3.8) is 0 Å². The van der Waals surface area contributed by atoms with E-state index in [9.17, 15) is 4.79 Å². The van der Waals surface area contributed by atoms with Crippen molar-refractivity contribution in [2.45, 2.75) is 6.42 Å². The SMILES string of the molecule is CNc1ccnc(C(=O)N(C)CCc2cccs2)c1. The monoisotopic (exact) mass is 275 g/mol. The number of carbonyl (C=O) groups is 1. The van der Waals surface area contributed by atoms with Gasteiger partial charge in [0.15, 0.2) is 0 Å². The molecule has 2 heterocycles. The Labute approximate surface area is 117 Å². The summed E-state index contributed by atoms with van der Waals surface area (Å²) in [4.78, 5) is 19.3. The highest BCUT2D eigenvalue weighted by atomic mass is 32.1. The fourth-order valence-electron chi connectivity index (χ4n) is 1.73. The van der Waals surface area contributed by atoms with Gasteiger partial charge in [-0.15, -0.1) is 11.3 Å². The summed E-state index contributed by atoms with van der Waals surface area (Å²) in [6, 6.07) is 7.72. The fourth-order valence-corrected chi connectivity index (χ4v) is 2.43. The van der Waals surface area contributed by atoms with Gasteiger partial charge in [-0.25, -0.2) is 0 Å². The molecule has 0 unspecified atom stereocenters. The summed E-state index contributed by atoms with van der Waals surface area (Å²) in [5.74, 6) is -0.0475. The molecule has 19 heavy (non-hydrogen) atoms. The number of nitrogens with one attached hydrogen (secondary N) is 1. The topological polar surface area (TPSA) is 45.2 Å². The second-order valence-electron chi connectivity index (χ2n) is 4.24. The van der Waals surface area contributed by atoms with Crippen LogP contribution in [0.1, 0.15) is 15.4 Å². The number of carbonyl (C=O) groups excluding carboxylic acids is 1. The van der Waals surface area contributed by atoms with E-state index in [2.05, 4.69) is 21.7 Å². The van der Waals surface area contributed by atoms with E-state index in [1.54, 1.807) is 28.5 Å². The molecule has 1 N–H and O–H groups in total. The summed E-state index contributed by atoms with van der Waals surface area (Å²) >= 11 is 1.71. The van der Waals surface area contributed by atoms with Crippen LogP contribution in [0, 0.1) is 0 Å². The normalized spacial score (nSPS) is 10.2. The lowest BCUT2D eigenvalue weighted by atomic mass is 10.2. The average Bonchev–Trinajstić information content (AvgIpc) is 2.97. The van der Waals surface area contributed by atoms with Crippen molar-refractivity contribution < 1.29 is 4.79 Å². The molecule has 0 radical (unpaired) electrons. The van der Waals surface area contributed by atoms with Crippen LogP contribution in [0.4, 0.5) is 5.69 Å². The quantitative estimate of drug-likeness (QED) is 0.912. The zero-order chi connectivity index (χ0) is 13.7. The summed E-state index contributed by atoms with van der Waals surface area (Å²) in [5.41, 5.74) is 1.37. The molecule has 2 rings (SSSR count). The van der Waals surface area contributed by atoms with Crippen LogP contribution in [0.5, 0.6) is 0 Å². The van der Waals surface area contributed by atoms with E-state index < -0.39 is 0 Å². The molecule has 0 atom stereocenters. The van der Waals surface area contributed by atoms with Gasteiger partial charge in [0, 0.05) is 37.4 Å². The van der Waals surface area contributed by atoms with Crippen molar-refractivity contribution >= 4 is 22.9 Å². The fraction of sp³-hybridized carbons (Fsp3) is 0.286. The Morgan fingerprint density at radius 3 is 3.00 bits per heavy atom. The third kappa shape index (κ3) is 3.54. The highest BCUT2D eigenvalue weighted by Crippen LogP contribution is 2.11. The van der Waals surface area contributed by atoms with Crippen molar-refractivity contribution in [2.75, 3.05) is 26.0 Å². The number of anilines is 1. The summed E-state index contributed by atoms with van der Waals surface area (Å²) < 4.78 is 0. The maximum Gasteiger partial charge on any atom is 0.272 e.